The summed E-state index contributed by atoms with van der Waals surface area (Å²) < 4.78 is 0. The lowest BCUT2D eigenvalue weighted by Crippen LogP contribution is -2.49. The molecule has 4 nitrogen and oxygen atoms in total. The first-order chi connectivity index (χ1) is 15.5. The summed E-state index contributed by atoms with van der Waals surface area (Å²) >= 11 is 1.63. The molecule has 2 aromatic carbocycles. The second-order valence-electron chi connectivity index (χ2n) is 9.04. The van der Waals surface area contributed by atoms with Crippen LogP contribution in [0.25, 0.3) is 0 Å². The van der Waals surface area contributed by atoms with E-state index in [4.69, 9.17) is 0 Å². The van der Waals surface area contributed by atoms with Crippen LogP contribution in [0.5, 0.6) is 0 Å². The van der Waals surface area contributed by atoms with Crippen LogP contribution in [0, 0.1) is 13.8 Å². The van der Waals surface area contributed by atoms with Gasteiger partial charge in [-0.25, -0.2) is 0 Å². The number of aryl methyl sites for hydroxylation is 2. The third kappa shape index (κ3) is 3.75. The van der Waals surface area contributed by atoms with Gasteiger partial charge in [-0.1, -0.05) is 43.2 Å². The molecule has 5 rings (SSSR count). The first kappa shape index (κ1) is 21.0. The summed E-state index contributed by atoms with van der Waals surface area (Å²) in [7, 11) is 0. The third-order valence-corrected chi connectivity index (χ3v) is 7.64. The number of hydrogen-bond donors (Lipinski definition) is 1. The largest absolute Gasteiger partial charge is 0.327 e. The monoisotopic (exact) mass is 444 g/mol. The summed E-state index contributed by atoms with van der Waals surface area (Å²) in [6, 6.07) is 17.7. The summed E-state index contributed by atoms with van der Waals surface area (Å²) in [5.74, 6) is -0.457. The normalized spacial score (nSPS) is 20.9. The van der Waals surface area contributed by atoms with Crippen LogP contribution in [0.3, 0.4) is 0 Å². The molecule has 0 spiro atoms. The number of benzene rings is 2. The number of carbonyl (C=O) groups excluding carboxylic acids is 2. The molecular weight excluding hydrogens is 416 g/mol. The van der Waals surface area contributed by atoms with Gasteiger partial charge in [0.25, 0.3) is 5.91 Å². The van der Waals surface area contributed by atoms with Crippen LogP contribution in [0.2, 0.25) is 0 Å². The van der Waals surface area contributed by atoms with E-state index in [1.807, 2.05) is 66.6 Å². The van der Waals surface area contributed by atoms with Crippen molar-refractivity contribution in [2.45, 2.75) is 57.5 Å². The average Bonchev–Trinajstić information content (AvgIpc) is 3.47. The summed E-state index contributed by atoms with van der Waals surface area (Å²) in [5.41, 5.74) is 4.52. The number of amides is 2. The molecule has 32 heavy (non-hydrogen) atoms. The number of rotatable bonds is 4. The summed E-state index contributed by atoms with van der Waals surface area (Å²) in [6.07, 6.45) is 4.27. The predicted molar refractivity (Wildman–Crippen MR) is 129 cm³/mol. The summed E-state index contributed by atoms with van der Waals surface area (Å²) in [6.45, 7) is 4.07. The maximum atomic E-state index is 13.9. The molecule has 1 saturated carbocycles. The zero-order valence-corrected chi connectivity index (χ0v) is 19.3. The molecule has 0 radical (unpaired) electrons. The van der Waals surface area contributed by atoms with Crippen molar-refractivity contribution in [3.63, 3.8) is 0 Å². The van der Waals surface area contributed by atoms with Crippen LogP contribution in [-0.2, 0) is 4.79 Å². The van der Waals surface area contributed by atoms with E-state index in [0.29, 0.717) is 5.56 Å². The summed E-state index contributed by atoms with van der Waals surface area (Å²) in [4.78, 5) is 30.7. The molecule has 2 unspecified atom stereocenters. The number of fused-ring (bicyclic) bond motifs is 1. The quantitative estimate of drug-likeness (QED) is 0.519. The fourth-order valence-corrected chi connectivity index (χ4v) is 6.31. The Labute approximate surface area is 193 Å². The minimum Gasteiger partial charge on any atom is -0.327 e. The van der Waals surface area contributed by atoms with Crippen molar-refractivity contribution < 1.29 is 9.59 Å². The smallest absolute Gasteiger partial charge is 0.254 e. The molecule has 1 N–H and O–H groups in total. The molecule has 0 saturated heterocycles. The number of thiophene rings is 1. The van der Waals surface area contributed by atoms with Gasteiger partial charge in [-0.2, -0.15) is 0 Å². The van der Waals surface area contributed by atoms with Gasteiger partial charge in [-0.05, 0) is 73.0 Å². The number of nitrogens with one attached hydrogen (secondary N) is 1. The topological polar surface area (TPSA) is 49.4 Å². The van der Waals surface area contributed by atoms with E-state index in [-0.39, 0.29) is 23.9 Å². The highest BCUT2D eigenvalue weighted by atomic mass is 32.1. The number of carbonyl (C=O) groups is 2. The lowest BCUT2D eigenvalue weighted by atomic mass is 9.80. The standard InChI is InChI=1S/C27H28N2O2S/c1-17-14-18(2)16-19(15-17)28-26(30)24-21-10-5-6-11-22(21)27(31)29(20-8-3-4-9-20)25(24)23-12-7-13-32-23/h5-7,10-16,20,24-25H,3-4,8-9H2,1-2H3,(H,28,30). The Bertz CT molecular complexity index is 1130. The van der Waals surface area contributed by atoms with Crippen molar-refractivity contribution in [3.05, 3.63) is 87.1 Å². The third-order valence-electron chi connectivity index (χ3n) is 6.70. The van der Waals surface area contributed by atoms with E-state index in [2.05, 4.69) is 17.4 Å². The van der Waals surface area contributed by atoms with E-state index in [9.17, 15) is 9.59 Å². The van der Waals surface area contributed by atoms with Crippen LogP contribution >= 0.6 is 11.3 Å². The molecule has 3 aromatic rings. The minimum atomic E-state index is -0.455. The molecule has 2 heterocycles. The van der Waals surface area contributed by atoms with Gasteiger partial charge in [0.2, 0.25) is 5.91 Å². The highest BCUT2D eigenvalue weighted by Gasteiger charge is 2.47. The molecule has 1 fully saturated rings. The van der Waals surface area contributed by atoms with Crippen LogP contribution in [0.4, 0.5) is 5.69 Å². The van der Waals surface area contributed by atoms with Crippen LogP contribution in [-0.4, -0.2) is 22.8 Å². The Morgan fingerprint density at radius 2 is 1.72 bits per heavy atom. The Kier molecular flexibility index (Phi) is 5.60. The molecule has 2 atom stereocenters. The maximum absolute atomic E-state index is 13.9. The first-order valence-corrected chi connectivity index (χ1v) is 12.2. The van der Waals surface area contributed by atoms with Crippen LogP contribution in [0.1, 0.15) is 69.6 Å². The highest BCUT2D eigenvalue weighted by molar-refractivity contribution is 7.10. The van der Waals surface area contributed by atoms with Crippen LogP contribution in [0.15, 0.2) is 60.0 Å². The zero-order chi connectivity index (χ0) is 22.2. The predicted octanol–water partition coefficient (Wildman–Crippen LogP) is 6.23. The van der Waals surface area contributed by atoms with Crippen molar-refractivity contribution >= 4 is 28.8 Å². The Balaban J connectivity index is 1.62. The van der Waals surface area contributed by atoms with Gasteiger partial charge < -0.3 is 10.2 Å². The molecule has 164 valence electrons. The maximum Gasteiger partial charge on any atom is 0.254 e. The lowest BCUT2D eigenvalue weighted by molar-refractivity contribution is -0.119. The van der Waals surface area contributed by atoms with Crippen molar-refractivity contribution in [3.8, 4) is 0 Å². The number of anilines is 1. The van der Waals surface area contributed by atoms with E-state index in [1.165, 1.54) is 0 Å². The molecule has 2 amide bonds. The second kappa shape index (κ2) is 8.55. The van der Waals surface area contributed by atoms with E-state index >= 15 is 0 Å². The van der Waals surface area contributed by atoms with Crippen molar-refractivity contribution in [1.82, 2.24) is 4.90 Å². The van der Waals surface area contributed by atoms with Gasteiger partial charge in [-0.15, -0.1) is 11.3 Å². The van der Waals surface area contributed by atoms with Crippen molar-refractivity contribution in [2.75, 3.05) is 5.32 Å². The van der Waals surface area contributed by atoms with Gasteiger partial charge in [0, 0.05) is 22.2 Å². The fourth-order valence-electron chi connectivity index (χ4n) is 5.45. The molecule has 1 aliphatic carbocycles. The highest BCUT2D eigenvalue weighted by Crippen LogP contribution is 2.47. The van der Waals surface area contributed by atoms with Crippen molar-refractivity contribution in [1.29, 1.82) is 0 Å². The van der Waals surface area contributed by atoms with E-state index in [0.717, 1.165) is 52.9 Å². The SMILES string of the molecule is Cc1cc(C)cc(NC(=O)C2c3ccccc3C(=O)N(C3CCCC3)C2c2cccs2)c1. The molecule has 0 bridgehead atoms. The second-order valence-corrected chi connectivity index (χ2v) is 10.0. The Morgan fingerprint density at radius 1 is 1.00 bits per heavy atom. The zero-order valence-electron chi connectivity index (χ0n) is 18.5. The van der Waals surface area contributed by atoms with Gasteiger partial charge in [0.1, 0.15) is 0 Å². The molecule has 1 aromatic heterocycles. The van der Waals surface area contributed by atoms with Gasteiger partial charge >= 0.3 is 0 Å². The Hall–Kier alpha value is -2.92. The van der Waals surface area contributed by atoms with Gasteiger partial charge in [0.05, 0.1) is 12.0 Å². The molecule has 2 aliphatic rings. The van der Waals surface area contributed by atoms with Gasteiger partial charge in [-0.3, -0.25) is 9.59 Å². The van der Waals surface area contributed by atoms with E-state index < -0.39 is 5.92 Å². The Morgan fingerprint density at radius 3 is 2.41 bits per heavy atom. The number of nitrogens with zero attached hydrogens (tertiary/aromatic N) is 1. The average molecular weight is 445 g/mol. The summed E-state index contributed by atoms with van der Waals surface area (Å²) in [5, 5.41) is 5.21. The minimum absolute atomic E-state index is 0.0568. The molecule has 1 aliphatic heterocycles. The van der Waals surface area contributed by atoms with Crippen LogP contribution < -0.4 is 5.32 Å². The molecular formula is C27H28N2O2S. The molecule has 5 heteroatoms. The lowest BCUT2D eigenvalue weighted by Gasteiger charge is -2.44. The fraction of sp³-hybridized carbons (Fsp3) is 0.333. The van der Waals surface area contributed by atoms with Gasteiger partial charge in [0.15, 0.2) is 0 Å². The first-order valence-electron chi connectivity index (χ1n) is 11.4. The number of hydrogen-bond acceptors (Lipinski definition) is 3. The van der Waals surface area contributed by atoms with E-state index in [1.54, 1.807) is 11.3 Å². The van der Waals surface area contributed by atoms with Crippen molar-refractivity contribution in [2.24, 2.45) is 0 Å².